The number of carbonyl (C=O) groups excluding carboxylic acids is 2. The van der Waals surface area contributed by atoms with Crippen molar-refractivity contribution < 1.29 is 23.8 Å². The number of likely N-dealkylation sites (tertiary alicyclic amines) is 1. The third-order valence-corrected chi connectivity index (χ3v) is 4.96. The van der Waals surface area contributed by atoms with Gasteiger partial charge in [-0.15, -0.1) is 0 Å². The van der Waals surface area contributed by atoms with Crippen molar-refractivity contribution in [2.45, 2.75) is 60.2 Å². The van der Waals surface area contributed by atoms with Crippen LogP contribution in [0.25, 0.3) is 0 Å². The first-order valence-corrected chi connectivity index (χ1v) is 11.1. The molecule has 0 unspecified atom stereocenters. The topological polar surface area (TPSA) is 89.5 Å². The van der Waals surface area contributed by atoms with Crippen molar-refractivity contribution in [2.75, 3.05) is 19.7 Å². The summed E-state index contributed by atoms with van der Waals surface area (Å²) in [5.74, 6) is 1.11. The van der Waals surface area contributed by atoms with Crippen LogP contribution in [-0.4, -0.2) is 54.0 Å². The Morgan fingerprint density at radius 3 is 2.48 bits per heavy atom. The molecule has 1 N–H and O–H groups in total. The molecule has 1 aliphatic rings. The van der Waals surface area contributed by atoms with Gasteiger partial charge in [-0.05, 0) is 68.2 Å². The molecule has 2 amide bonds. The van der Waals surface area contributed by atoms with Gasteiger partial charge < -0.3 is 19.1 Å². The Labute approximate surface area is 192 Å². The monoisotopic (exact) mass is 497 g/mol. The zero-order valence-corrected chi connectivity index (χ0v) is 20.8. The maximum absolute atomic E-state index is 12.0. The lowest BCUT2D eigenvalue weighted by Crippen LogP contribution is -2.57. The van der Waals surface area contributed by atoms with Gasteiger partial charge in [0, 0.05) is 5.92 Å². The van der Waals surface area contributed by atoms with E-state index in [1.54, 1.807) is 25.7 Å². The van der Waals surface area contributed by atoms with E-state index in [9.17, 15) is 9.59 Å². The molecular formula is C22H32BrN3O5. The highest BCUT2D eigenvalue weighted by molar-refractivity contribution is 9.10. The average molecular weight is 498 g/mol. The number of hydrogen-bond donors (Lipinski definition) is 1. The van der Waals surface area contributed by atoms with Crippen LogP contribution in [0.1, 0.15) is 47.1 Å². The van der Waals surface area contributed by atoms with Gasteiger partial charge in [0.05, 0.1) is 23.3 Å². The molecule has 1 fully saturated rings. The highest BCUT2D eigenvalue weighted by Gasteiger charge is 2.35. The zero-order valence-electron chi connectivity index (χ0n) is 19.2. The summed E-state index contributed by atoms with van der Waals surface area (Å²) >= 11 is 3.52. The van der Waals surface area contributed by atoms with E-state index in [0.29, 0.717) is 30.3 Å². The van der Waals surface area contributed by atoms with Crippen LogP contribution in [0.2, 0.25) is 0 Å². The van der Waals surface area contributed by atoms with E-state index in [2.05, 4.69) is 26.5 Å². The third kappa shape index (κ3) is 7.72. The molecule has 1 aromatic carbocycles. The largest absolute Gasteiger partial charge is 0.487 e. The van der Waals surface area contributed by atoms with Crippen LogP contribution in [0.3, 0.4) is 0 Å². The Balaban J connectivity index is 1.88. The Morgan fingerprint density at radius 2 is 1.90 bits per heavy atom. The Kier molecular flexibility index (Phi) is 8.34. The van der Waals surface area contributed by atoms with Gasteiger partial charge in [0.25, 0.3) is 0 Å². The second-order valence-electron chi connectivity index (χ2n) is 8.94. The molecule has 2 rings (SSSR count). The minimum atomic E-state index is -0.512. The summed E-state index contributed by atoms with van der Waals surface area (Å²) in [6, 6.07) is 3.73. The van der Waals surface area contributed by atoms with Crippen LogP contribution in [0.15, 0.2) is 21.7 Å². The fourth-order valence-corrected chi connectivity index (χ4v) is 2.96. The van der Waals surface area contributed by atoms with Crippen LogP contribution in [0.4, 0.5) is 4.79 Å². The molecule has 1 saturated heterocycles. The smallest absolute Gasteiger partial charge is 0.410 e. The summed E-state index contributed by atoms with van der Waals surface area (Å²) in [5.41, 5.74) is 3.56. The first-order valence-electron chi connectivity index (χ1n) is 10.3. The summed E-state index contributed by atoms with van der Waals surface area (Å²) < 4.78 is 18.0. The number of halogens is 1. The number of carbonyl (C=O) groups is 2. The van der Waals surface area contributed by atoms with Crippen molar-refractivity contribution >= 4 is 33.6 Å². The molecule has 172 valence electrons. The maximum atomic E-state index is 12.0. The quantitative estimate of drug-likeness (QED) is 0.448. The van der Waals surface area contributed by atoms with Gasteiger partial charge >= 0.3 is 6.09 Å². The summed E-state index contributed by atoms with van der Waals surface area (Å²) in [6.45, 7) is 14.1. The summed E-state index contributed by atoms with van der Waals surface area (Å²) in [4.78, 5) is 25.2. The fraction of sp³-hybridized carbons (Fsp3) is 0.591. The van der Waals surface area contributed by atoms with Crippen LogP contribution < -0.4 is 14.9 Å². The number of benzene rings is 1. The van der Waals surface area contributed by atoms with Crippen molar-refractivity contribution in [1.29, 1.82) is 0 Å². The fourth-order valence-electron chi connectivity index (χ4n) is 2.54. The molecule has 0 saturated carbocycles. The van der Waals surface area contributed by atoms with E-state index >= 15 is 0 Å². The van der Waals surface area contributed by atoms with Gasteiger partial charge in [-0.25, -0.2) is 10.2 Å². The Bertz CT molecular complexity index is 842. The standard InChI is InChI=1S/C22H32BrN3O5/c1-13(2)20(27)25-24-15(4)12-29-18-9-17(23)19(8-14(18)3)30-16-10-26(11-16)21(28)31-22(5,6)7/h8-9,13,16H,10-12H2,1-7H3,(H,25,27). The van der Waals surface area contributed by atoms with E-state index < -0.39 is 5.60 Å². The number of nitrogens with zero attached hydrogens (tertiary/aromatic N) is 2. The number of ether oxygens (including phenoxy) is 3. The molecule has 0 spiro atoms. The van der Waals surface area contributed by atoms with E-state index in [4.69, 9.17) is 14.2 Å². The Morgan fingerprint density at radius 1 is 1.26 bits per heavy atom. The van der Waals surface area contributed by atoms with Crippen LogP contribution >= 0.6 is 15.9 Å². The SMILES string of the molecule is CC(COc1cc(Br)c(OC2CN(C(=O)OC(C)(C)C)C2)cc1C)=NNC(=O)C(C)C. The first-order chi connectivity index (χ1) is 14.4. The number of nitrogens with one attached hydrogen (secondary N) is 1. The zero-order chi connectivity index (χ0) is 23.3. The predicted molar refractivity (Wildman–Crippen MR) is 123 cm³/mol. The van der Waals surface area contributed by atoms with Crippen LogP contribution in [0, 0.1) is 12.8 Å². The minimum absolute atomic E-state index is 0.0890. The summed E-state index contributed by atoms with van der Waals surface area (Å²) in [7, 11) is 0. The van der Waals surface area contributed by atoms with Crippen LogP contribution in [0.5, 0.6) is 11.5 Å². The van der Waals surface area contributed by atoms with E-state index in [-0.39, 0.29) is 30.6 Å². The van der Waals surface area contributed by atoms with Crippen molar-refractivity contribution in [3.63, 3.8) is 0 Å². The van der Waals surface area contributed by atoms with E-state index in [0.717, 1.165) is 10.0 Å². The van der Waals surface area contributed by atoms with Crippen molar-refractivity contribution in [3.05, 3.63) is 22.2 Å². The van der Waals surface area contributed by atoms with Gasteiger partial charge in [0.1, 0.15) is 29.8 Å². The number of rotatable bonds is 7. The average Bonchev–Trinajstić information content (AvgIpc) is 2.61. The number of aryl methyl sites for hydroxylation is 1. The lowest BCUT2D eigenvalue weighted by molar-refractivity contribution is -0.123. The molecule has 0 radical (unpaired) electrons. The van der Waals surface area contributed by atoms with Crippen molar-refractivity contribution in [3.8, 4) is 11.5 Å². The first kappa shape index (κ1) is 25.0. The molecule has 0 aromatic heterocycles. The second kappa shape index (κ2) is 10.3. The molecule has 31 heavy (non-hydrogen) atoms. The molecule has 1 aromatic rings. The summed E-state index contributed by atoms with van der Waals surface area (Å²) in [5, 5.41) is 4.04. The van der Waals surface area contributed by atoms with Gasteiger partial charge in [0.2, 0.25) is 5.91 Å². The van der Waals surface area contributed by atoms with Gasteiger partial charge in [-0.3, -0.25) is 4.79 Å². The number of amides is 2. The van der Waals surface area contributed by atoms with Gasteiger partial charge in [0.15, 0.2) is 0 Å². The van der Waals surface area contributed by atoms with Gasteiger partial charge in [-0.1, -0.05) is 13.8 Å². The molecular weight excluding hydrogens is 466 g/mol. The maximum Gasteiger partial charge on any atom is 0.410 e. The third-order valence-electron chi connectivity index (χ3n) is 4.34. The summed E-state index contributed by atoms with van der Waals surface area (Å²) in [6.07, 6.45) is -0.415. The lowest BCUT2D eigenvalue weighted by Gasteiger charge is -2.39. The second-order valence-corrected chi connectivity index (χ2v) is 9.79. The van der Waals surface area contributed by atoms with Crippen molar-refractivity contribution in [1.82, 2.24) is 10.3 Å². The molecule has 0 bridgehead atoms. The Hall–Kier alpha value is -2.29. The van der Waals surface area contributed by atoms with E-state index in [1.165, 1.54) is 0 Å². The molecule has 1 heterocycles. The van der Waals surface area contributed by atoms with Crippen molar-refractivity contribution in [2.24, 2.45) is 11.0 Å². The number of hydrazone groups is 1. The highest BCUT2D eigenvalue weighted by atomic mass is 79.9. The molecule has 9 heteroatoms. The molecule has 1 aliphatic heterocycles. The normalized spacial score (nSPS) is 14.9. The van der Waals surface area contributed by atoms with Gasteiger partial charge in [-0.2, -0.15) is 5.10 Å². The minimum Gasteiger partial charge on any atom is -0.487 e. The highest BCUT2D eigenvalue weighted by Crippen LogP contribution is 2.34. The molecule has 0 atom stereocenters. The number of hydrogen-bond acceptors (Lipinski definition) is 6. The molecule has 8 nitrogen and oxygen atoms in total. The van der Waals surface area contributed by atoms with E-state index in [1.807, 2.05) is 39.8 Å². The predicted octanol–water partition coefficient (Wildman–Crippen LogP) is 4.28. The lowest BCUT2D eigenvalue weighted by atomic mass is 10.1. The molecule has 0 aliphatic carbocycles. The van der Waals surface area contributed by atoms with Crippen LogP contribution in [-0.2, 0) is 9.53 Å².